The fraction of sp³-hybridized carbons (Fsp3) is 0.400. The number of aryl methyl sites for hydroxylation is 3. The molecule has 0 amide bonds. The highest BCUT2D eigenvalue weighted by Crippen LogP contribution is 2.34. The Kier molecular flexibility index (Phi) is 3.96. The molecule has 2 heteroatoms. The molecule has 2 nitrogen and oxygen atoms in total. The standard InChI is InChI=1S/C20H25NO/c1-13-9-14(2)20(15(3)10-13)19(22)12-21-16(4)11-17-7-5-6-8-18(17)21/h5-10,16,19,22H,11-12H2,1-4H3. The molecule has 0 spiro atoms. The van der Waals surface area contributed by atoms with E-state index in [0.29, 0.717) is 12.6 Å². The normalized spacial score (nSPS) is 18.4. The minimum Gasteiger partial charge on any atom is -0.387 e. The average Bonchev–Trinajstić information content (AvgIpc) is 2.74. The Balaban J connectivity index is 1.88. The van der Waals surface area contributed by atoms with E-state index in [1.807, 2.05) is 0 Å². The van der Waals surface area contributed by atoms with Crippen LogP contribution in [0.3, 0.4) is 0 Å². The quantitative estimate of drug-likeness (QED) is 0.921. The molecule has 1 aliphatic heterocycles. The first kappa shape index (κ1) is 15.1. The van der Waals surface area contributed by atoms with Crippen molar-refractivity contribution in [1.29, 1.82) is 0 Å². The van der Waals surface area contributed by atoms with E-state index in [0.717, 1.165) is 12.0 Å². The summed E-state index contributed by atoms with van der Waals surface area (Å²) >= 11 is 0. The molecule has 0 fully saturated rings. The Bertz CT molecular complexity index is 669. The maximum absolute atomic E-state index is 10.8. The van der Waals surface area contributed by atoms with Crippen LogP contribution in [0.15, 0.2) is 36.4 Å². The minimum absolute atomic E-state index is 0.443. The van der Waals surface area contributed by atoms with Crippen LogP contribution in [-0.4, -0.2) is 17.7 Å². The lowest BCUT2D eigenvalue weighted by atomic mass is 9.95. The summed E-state index contributed by atoms with van der Waals surface area (Å²) in [5, 5.41) is 10.8. The van der Waals surface area contributed by atoms with Gasteiger partial charge in [0.05, 0.1) is 6.10 Å². The molecule has 2 unspecified atom stereocenters. The van der Waals surface area contributed by atoms with E-state index in [4.69, 9.17) is 0 Å². The third-order valence-corrected chi connectivity index (χ3v) is 4.79. The molecule has 2 aromatic carbocycles. The highest BCUT2D eigenvalue weighted by molar-refractivity contribution is 5.59. The van der Waals surface area contributed by atoms with Gasteiger partial charge < -0.3 is 10.0 Å². The Morgan fingerprint density at radius 2 is 1.77 bits per heavy atom. The van der Waals surface area contributed by atoms with Gasteiger partial charge in [0.25, 0.3) is 0 Å². The van der Waals surface area contributed by atoms with Gasteiger partial charge in [0.2, 0.25) is 0 Å². The smallest absolute Gasteiger partial charge is 0.0970 e. The van der Waals surface area contributed by atoms with Crippen LogP contribution >= 0.6 is 0 Å². The summed E-state index contributed by atoms with van der Waals surface area (Å²) in [6, 6.07) is 13.3. The molecule has 2 atom stereocenters. The van der Waals surface area contributed by atoms with Gasteiger partial charge in [-0.25, -0.2) is 0 Å². The first-order valence-corrected chi connectivity index (χ1v) is 8.07. The molecule has 3 rings (SSSR count). The lowest BCUT2D eigenvalue weighted by Crippen LogP contribution is -2.33. The van der Waals surface area contributed by atoms with E-state index in [2.05, 4.69) is 69.0 Å². The van der Waals surface area contributed by atoms with Crippen LogP contribution in [0.5, 0.6) is 0 Å². The van der Waals surface area contributed by atoms with Gasteiger partial charge in [-0.15, -0.1) is 0 Å². The number of nitrogens with zero attached hydrogens (tertiary/aromatic N) is 1. The lowest BCUT2D eigenvalue weighted by Gasteiger charge is -2.29. The van der Waals surface area contributed by atoms with Crippen LogP contribution in [0.1, 0.15) is 40.8 Å². The van der Waals surface area contributed by atoms with E-state index in [-0.39, 0.29) is 0 Å². The van der Waals surface area contributed by atoms with Gasteiger partial charge >= 0.3 is 0 Å². The topological polar surface area (TPSA) is 23.5 Å². The van der Waals surface area contributed by atoms with Crippen molar-refractivity contribution in [2.75, 3.05) is 11.4 Å². The Morgan fingerprint density at radius 3 is 2.45 bits per heavy atom. The third kappa shape index (κ3) is 2.64. The van der Waals surface area contributed by atoms with Crippen molar-refractivity contribution in [2.45, 2.75) is 46.3 Å². The predicted molar refractivity (Wildman–Crippen MR) is 92.6 cm³/mol. The number of hydrogen-bond acceptors (Lipinski definition) is 2. The molecule has 1 heterocycles. The summed E-state index contributed by atoms with van der Waals surface area (Å²) in [6.07, 6.45) is 0.614. The number of rotatable bonds is 3. The summed E-state index contributed by atoms with van der Waals surface area (Å²) in [5.74, 6) is 0. The second kappa shape index (κ2) is 5.77. The largest absolute Gasteiger partial charge is 0.387 e. The number of para-hydroxylation sites is 1. The van der Waals surface area contributed by atoms with Gasteiger partial charge in [0, 0.05) is 18.3 Å². The van der Waals surface area contributed by atoms with Crippen molar-refractivity contribution < 1.29 is 5.11 Å². The van der Waals surface area contributed by atoms with Crippen LogP contribution in [0.25, 0.3) is 0 Å². The number of hydrogen-bond donors (Lipinski definition) is 1. The molecule has 0 radical (unpaired) electrons. The van der Waals surface area contributed by atoms with Crippen molar-refractivity contribution in [3.8, 4) is 0 Å². The molecule has 116 valence electrons. The monoisotopic (exact) mass is 295 g/mol. The van der Waals surface area contributed by atoms with Gasteiger partial charge in [-0.2, -0.15) is 0 Å². The SMILES string of the molecule is Cc1cc(C)c(C(O)CN2c3ccccc3CC2C)c(C)c1. The van der Waals surface area contributed by atoms with E-state index in [9.17, 15) is 5.11 Å². The first-order valence-electron chi connectivity index (χ1n) is 8.07. The molecule has 1 aliphatic rings. The molecule has 1 N–H and O–H groups in total. The fourth-order valence-corrected chi connectivity index (χ4v) is 3.90. The summed E-state index contributed by atoms with van der Waals surface area (Å²) in [4.78, 5) is 2.35. The average molecular weight is 295 g/mol. The van der Waals surface area contributed by atoms with Crippen molar-refractivity contribution in [3.63, 3.8) is 0 Å². The number of fused-ring (bicyclic) bond motifs is 1. The molecule has 0 aromatic heterocycles. The van der Waals surface area contributed by atoms with E-state index in [1.165, 1.54) is 27.9 Å². The summed E-state index contributed by atoms with van der Waals surface area (Å²) < 4.78 is 0. The van der Waals surface area contributed by atoms with Crippen LogP contribution in [-0.2, 0) is 6.42 Å². The summed E-state index contributed by atoms with van der Waals surface area (Å²) in [6.45, 7) is 9.19. The zero-order chi connectivity index (χ0) is 15.9. The molecule has 22 heavy (non-hydrogen) atoms. The third-order valence-electron chi connectivity index (χ3n) is 4.79. The van der Waals surface area contributed by atoms with Gasteiger partial charge in [0.1, 0.15) is 0 Å². The molecule has 0 aliphatic carbocycles. The number of aliphatic hydroxyl groups excluding tert-OH is 1. The Morgan fingerprint density at radius 1 is 1.14 bits per heavy atom. The lowest BCUT2D eigenvalue weighted by molar-refractivity contribution is 0.180. The van der Waals surface area contributed by atoms with Crippen LogP contribution in [0.4, 0.5) is 5.69 Å². The zero-order valence-electron chi connectivity index (χ0n) is 13.9. The Hall–Kier alpha value is -1.80. The molecule has 0 bridgehead atoms. The van der Waals surface area contributed by atoms with Gasteiger partial charge in [0.15, 0.2) is 0 Å². The highest BCUT2D eigenvalue weighted by atomic mass is 16.3. The zero-order valence-corrected chi connectivity index (χ0v) is 13.9. The van der Waals surface area contributed by atoms with Gasteiger partial charge in [-0.3, -0.25) is 0 Å². The number of anilines is 1. The maximum atomic E-state index is 10.8. The maximum Gasteiger partial charge on any atom is 0.0970 e. The fourth-order valence-electron chi connectivity index (χ4n) is 3.90. The highest BCUT2D eigenvalue weighted by Gasteiger charge is 2.28. The molecular formula is C20H25NO. The van der Waals surface area contributed by atoms with E-state index < -0.39 is 6.10 Å². The summed E-state index contributed by atoms with van der Waals surface area (Å²) in [7, 11) is 0. The van der Waals surface area contributed by atoms with Crippen molar-refractivity contribution in [3.05, 3.63) is 64.2 Å². The van der Waals surface area contributed by atoms with Gasteiger partial charge in [-0.1, -0.05) is 35.9 Å². The molecule has 0 saturated heterocycles. The van der Waals surface area contributed by atoms with Crippen LogP contribution in [0.2, 0.25) is 0 Å². The minimum atomic E-state index is -0.450. The van der Waals surface area contributed by atoms with E-state index in [1.54, 1.807) is 0 Å². The number of aliphatic hydroxyl groups is 1. The summed E-state index contributed by atoms with van der Waals surface area (Å²) in [5.41, 5.74) is 7.37. The predicted octanol–water partition coefficient (Wildman–Crippen LogP) is 4.10. The molecule has 0 saturated carbocycles. The van der Waals surface area contributed by atoms with Crippen LogP contribution in [0, 0.1) is 20.8 Å². The number of benzene rings is 2. The molecule has 2 aromatic rings. The second-order valence-electron chi connectivity index (χ2n) is 6.66. The molecular weight excluding hydrogens is 270 g/mol. The van der Waals surface area contributed by atoms with Crippen molar-refractivity contribution in [2.24, 2.45) is 0 Å². The van der Waals surface area contributed by atoms with Gasteiger partial charge in [-0.05, 0) is 62.4 Å². The Labute approximate surface area is 133 Å². The van der Waals surface area contributed by atoms with Crippen LogP contribution < -0.4 is 4.90 Å². The second-order valence-corrected chi connectivity index (χ2v) is 6.66. The number of β-amino-alcohol motifs (C(OH)–C–C–N with tert-alkyl or cyclic N) is 1. The van der Waals surface area contributed by atoms with Crippen molar-refractivity contribution >= 4 is 5.69 Å². The first-order chi connectivity index (χ1) is 10.5. The van der Waals surface area contributed by atoms with E-state index >= 15 is 0 Å². The van der Waals surface area contributed by atoms with Crippen molar-refractivity contribution in [1.82, 2.24) is 0 Å².